The summed E-state index contributed by atoms with van der Waals surface area (Å²) in [5.41, 5.74) is 1.18. The average molecular weight is 337 g/mol. The summed E-state index contributed by atoms with van der Waals surface area (Å²) in [5, 5.41) is 8.03. The fourth-order valence-corrected chi connectivity index (χ4v) is 3.39. The van der Waals surface area contributed by atoms with E-state index < -0.39 is 0 Å². The van der Waals surface area contributed by atoms with E-state index >= 15 is 0 Å². The van der Waals surface area contributed by atoms with Crippen LogP contribution in [-0.2, 0) is 11.3 Å². The minimum Gasteiger partial charge on any atom is -0.340 e. The Labute approximate surface area is 145 Å². The number of likely N-dealkylation sites (tertiary alicyclic amines) is 1. The molecule has 0 N–H and O–H groups in total. The lowest BCUT2D eigenvalue weighted by Crippen LogP contribution is -2.32. The molecule has 25 heavy (non-hydrogen) atoms. The van der Waals surface area contributed by atoms with Crippen LogP contribution in [0.2, 0.25) is 0 Å². The van der Waals surface area contributed by atoms with Crippen molar-refractivity contribution >= 4 is 5.91 Å². The molecule has 1 amide bonds. The van der Waals surface area contributed by atoms with Crippen molar-refractivity contribution in [3.8, 4) is 0 Å². The lowest BCUT2D eigenvalue weighted by molar-refractivity contribution is -0.131. The molecule has 128 valence electrons. The second-order valence-electron chi connectivity index (χ2n) is 6.31. The largest absolute Gasteiger partial charge is 0.340 e. The van der Waals surface area contributed by atoms with Crippen molar-refractivity contribution in [2.45, 2.75) is 25.3 Å². The molecule has 3 heterocycles. The van der Waals surface area contributed by atoms with Crippen molar-refractivity contribution in [2.75, 3.05) is 13.1 Å². The number of carbonyl (C=O) groups excluding carboxylic acids is 1. The van der Waals surface area contributed by atoms with Crippen LogP contribution in [0.15, 0.2) is 53.3 Å². The van der Waals surface area contributed by atoms with E-state index in [-0.39, 0.29) is 24.3 Å². The quantitative estimate of drug-likeness (QED) is 0.727. The second kappa shape index (κ2) is 6.51. The van der Waals surface area contributed by atoms with E-state index in [1.807, 2.05) is 29.2 Å². The van der Waals surface area contributed by atoms with E-state index in [4.69, 9.17) is 4.52 Å². The number of aromatic nitrogens is 4. The zero-order valence-corrected chi connectivity index (χ0v) is 13.9. The Morgan fingerprint density at radius 2 is 2.00 bits per heavy atom. The molecule has 1 aliphatic heterocycles. The number of aryl methyl sites for hydroxylation is 1. The molecule has 1 saturated heterocycles. The first-order valence-electron chi connectivity index (χ1n) is 8.31. The minimum atomic E-state index is 0.00479. The standard InChI is InChI=1S/C18H19N5O2/c1-13-20-18(25-21-13)16-11-22(17(24)12-23-9-5-8-19-23)10-15(16)14-6-3-2-4-7-14/h2-9,15-16H,10-12H2,1H3/t15-,16-/m1/s1. The highest BCUT2D eigenvalue weighted by Crippen LogP contribution is 2.39. The Kier molecular flexibility index (Phi) is 4.05. The van der Waals surface area contributed by atoms with E-state index in [1.54, 1.807) is 24.0 Å². The molecule has 0 bridgehead atoms. The number of benzene rings is 1. The van der Waals surface area contributed by atoms with Crippen molar-refractivity contribution in [1.82, 2.24) is 24.8 Å². The normalized spacial score (nSPS) is 20.1. The molecule has 3 aromatic rings. The Balaban J connectivity index is 1.59. The summed E-state index contributed by atoms with van der Waals surface area (Å²) in [6.45, 7) is 3.25. The Hall–Kier alpha value is -2.96. The number of nitrogens with zero attached hydrogens (tertiary/aromatic N) is 5. The maximum atomic E-state index is 12.7. The van der Waals surface area contributed by atoms with Gasteiger partial charge in [0.1, 0.15) is 6.54 Å². The van der Waals surface area contributed by atoms with Crippen molar-refractivity contribution in [1.29, 1.82) is 0 Å². The van der Waals surface area contributed by atoms with Crippen LogP contribution in [-0.4, -0.2) is 43.8 Å². The van der Waals surface area contributed by atoms with Gasteiger partial charge in [0, 0.05) is 31.4 Å². The molecule has 0 saturated carbocycles. The van der Waals surface area contributed by atoms with Crippen molar-refractivity contribution in [3.63, 3.8) is 0 Å². The third-order valence-corrected chi connectivity index (χ3v) is 4.62. The molecule has 2 atom stereocenters. The van der Waals surface area contributed by atoms with E-state index in [0.717, 1.165) is 0 Å². The molecular weight excluding hydrogens is 318 g/mol. The molecule has 0 unspecified atom stereocenters. The van der Waals surface area contributed by atoms with Crippen LogP contribution in [0.4, 0.5) is 0 Å². The van der Waals surface area contributed by atoms with E-state index in [0.29, 0.717) is 24.8 Å². The number of rotatable bonds is 4. The number of amides is 1. The smallest absolute Gasteiger partial charge is 0.244 e. The monoisotopic (exact) mass is 337 g/mol. The van der Waals surface area contributed by atoms with Crippen LogP contribution in [0.1, 0.15) is 29.1 Å². The lowest BCUT2D eigenvalue weighted by Gasteiger charge is -2.16. The first-order chi connectivity index (χ1) is 12.2. The molecule has 0 aliphatic carbocycles. The summed E-state index contributed by atoms with van der Waals surface area (Å²) < 4.78 is 7.06. The van der Waals surface area contributed by atoms with Crippen LogP contribution in [0, 0.1) is 6.92 Å². The SMILES string of the molecule is Cc1noc([C@@H]2CN(C(=O)Cn3cccn3)C[C@@H]2c2ccccc2)n1. The fraction of sp³-hybridized carbons (Fsp3) is 0.333. The minimum absolute atomic E-state index is 0.00479. The van der Waals surface area contributed by atoms with E-state index in [2.05, 4.69) is 27.4 Å². The molecule has 7 heteroatoms. The van der Waals surface area contributed by atoms with Crippen molar-refractivity contribution < 1.29 is 9.32 Å². The Bertz CT molecular complexity index is 844. The van der Waals surface area contributed by atoms with Gasteiger partial charge in [-0.05, 0) is 18.6 Å². The molecular formula is C18H19N5O2. The highest BCUT2D eigenvalue weighted by Gasteiger charge is 2.40. The summed E-state index contributed by atoms with van der Waals surface area (Å²) in [6, 6.07) is 12.0. The zero-order chi connectivity index (χ0) is 17.2. The van der Waals surface area contributed by atoms with E-state index in [1.165, 1.54) is 5.56 Å². The predicted octanol–water partition coefficient (Wildman–Crippen LogP) is 1.98. The van der Waals surface area contributed by atoms with Gasteiger partial charge in [0.05, 0.1) is 5.92 Å². The Morgan fingerprint density at radius 1 is 1.20 bits per heavy atom. The van der Waals surface area contributed by atoms with Crippen LogP contribution < -0.4 is 0 Å². The van der Waals surface area contributed by atoms with Gasteiger partial charge < -0.3 is 9.42 Å². The molecule has 1 aromatic carbocycles. The van der Waals surface area contributed by atoms with Crippen LogP contribution in [0.25, 0.3) is 0 Å². The van der Waals surface area contributed by atoms with Gasteiger partial charge in [-0.1, -0.05) is 35.5 Å². The third-order valence-electron chi connectivity index (χ3n) is 4.62. The van der Waals surface area contributed by atoms with Gasteiger partial charge in [0.2, 0.25) is 11.8 Å². The lowest BCUT2D eigenvalue weighted by atomic mass is 9.89. The molecule has 1 aliphatic rings. The first kappa shape index (κ1) is 15.6. The Morgan fingerprint density at radius 3 is 2.68 bits per heavy atom. The maximum absolute atomic E-state index is 12.7. The van der Waals surface area contributed by atoms with Gasteiger partial charge in [-0.3, -0.25) is 9.48 Å². The van der Waals surface area contributed by atoms with Crippen LogP contribution >= 0.6 is 0 Å². The first-order valence-corrected chi connectivity index (χ1v) is 8.31. The summed E-state index contributed by atoms with van der Waals surface area (Å²) >= 11 is 0. The van der Waals surface area contributed by atoms with E-state index in [9.17, 15) is 4.79 Å². The third kappa shape index (κ3) is 3.17. The van der Waals surface area contributed by atoms with Crippen LogP contribution in [0.5, 0.6) is 0 Å². The van der Waals surface area contributed by atoms with Crippen molar-refractivity contribution in [2.24, 2.45) is 0 Å². The summed E-state index contributed by atoms with van der Waals surface area (Å²) in [6.07, 6.45) is 3.47. The zero-order valence-electron chi connectivity index (χ0n) is 13.9. The number of hydrogen-bond acceptors (Lipinski definition) is 5. The van der Waals surface area contributed by atoms with Gasteiger partial charge in [-0.25, -0.2) is 0 Å². The van der Waals surface area contributed by atoms with Crippen LogP contribution in [0.3, 0.4) is 0 Å². The van der Waals surface area contributed by atoms with Gasteiger partial charge >= 0.3 is 0 Å². The van der Waals surface area contributed by atoms with Gasteiger partial charge in [0.25, 0.3) is 0 Å². The molecule has 0 radical (unpaired) electrons. The summed E-state index contributed by atoms with van der Waals surface area (Å²) in [7, 11) is 0. The van der Waals surface area contributed by atoms with Gasteiger partial charge in [-0.2, -0.15) is 10.1 Å². The molecule has 0 spiro atoms. The molecule has 2 aromatic heterocycles. The topological polar surface area (TPSA) is 77.0 Å². The summed E-state index contributed by atoms with van der Waals surface area (Å²) in [4.78, 5) is 18.9. The molecule has 7 nitrogen and oxygen atoms in total. The molecule has 4 rings (SSSR count). The van der Waals surface area contributed by atoms with Gasteiger partial charge in [-0.15, -0.1) is 0 Å². The number of hydrogen-bond donors (Lipinski definition) is 0. The maximum Gasteiger partial charge on any atom is 0.244 e. The highest BCUT2D eigenvalue weighted by molar-refractivity contribution is 5.76. The molecule has 1 fully saturated rings. The summed E-state index contributed by atoms with van der Waals surface area (Å²) in [5.74, 6) is 1.40. The predicted molar refractivity (Wildman–Crippen MR) is 89.8 cm³/mol. The fourth-order valence-electron chi connectivity index (χ4n) is 3.39. The highest BCUT2D eigenvalue weighted by atomic mass is 16.5. The average Bonchev–Trinajstić information content (AvgIpc) is 3.35. The second-order valence-corrected chi connectivity index (χ2v) is 6.31. The van der Waals surface area contributed by atoms with Gasteiger partial charge in [0.15, 0.2) is 5.82 Å². The van der Waals surface area contributed by atoms with Crippen molar-refractivity contribution in [3.05, 3.63) is 66.1 Å². The number of carbonyl (C=O) groups is 1.